The standard InChI is InChI=1S/2C12H25BO2.B/c1-10(2)8-7-9-13-14-11(3,4)12(5,6)15-13;1-7-8-10(2)9-13-14-11(3,4)12(5,6)15-13;/h2*10H,7-9H2,1-6H3;. The van der Waals surface area contributed by atoms with Gasteiger partial charge in [-0.05, 0) is 79.9 Å². The Bertz CT molecular complexity index is 489. The van der Waals surface area contributed by atoms with E-state index in [4.69, 9.17) is 18.6 Å². The number of hydrogen-bond donors (Lipinski definition) is 0. The van der Waals surface area contributed by atoms with Crippen LogP contribution in [0.1, 0.15) is 109 Å². The highest BCUT2D eigenvalue weighted by molar-refractivity contribution is 6.45. The van der Waals surface area contributed by atoms with Crippen molar-refractivity contribution in [2.24, 2.45) is 11.8 Å². The molecule has 0 bridgehead atoms. The Morgan fingerprint density at radius 2 is 1.03 bits per heavy atom. The minimum atomic E-state index is -0.177. The maximum Gasteiger partial charge on any atom is 0.458 e. The summed E-state index contributed by atoms with van der Waals surface area (Å²) in [7, 11) is -0.0229. The summed E-state index contributed by atoms with van der Waals surface area (Å²) in [5.41, 5.74) is -0.696. The highest BCUT2D eigenvalue weighted by atomic mass is 16.7. The van der Waals surface area contributed by atoms with E-state index in [1.165, 1.54) is 25.7 Å². The number of hydrogen-bond acceptors (Lipinski definition) is 4. The lowest BCUT2D eigenvalue weighted by molar-refractivity contribution is 0.00578. The van der Waals surface area contributed by atoms with Crippen molar-refractivity contribution in [1.29, 1.82) is 0 Å². The molecule has 0 aromatic heterocycles. The molecule has 7 heteroatoms. The third-order valence-corrected chi connectivity index (χ3v) is 7.20. The first-order chi connectivity index (χ1) is 13.5. The zero-order valence-corrected chi connectivity index (χ0v) is 22.8. The molecule has 1 atom stereocenters. The summed E-state index contributed by atoms with van der Waals surface area (Å²) >= 11 is 0. The summed E-state index contributed by atoms with van der Waals surface area (Å²) in [6.45, 7) is 25.9. The highest BCUT2D eigenvalue weighted by Crippen LogP contribution is 2.39. The fourth-order valence-corrected chi connectivity index (χ4v) is 3.78. The van der Waals surface area contributed by atoms with Gasteiger partial charge in [-0.1, -0.05) is 53.4 Å². The van der Waals surface area contributed by atoms with E-state index in [2.05, 4.69) is 83.1 Å². The molecule has 0 spiro atoms. The first-order valence-electron chi connectivity index (χ1n) is 12.2. The third-order valence-electron chi connectivity index (χ3n) is 7.20. The van der Waals surface area contributed by atoms with Gasteiger partial charge in [-0.15, -0.1) is 0 Å². The van der Waals surface area contributed by atoms with Crippen LogP contribution >= 0.6 is 0 Å². The van der Waals surface area contributed by atoms with Gasteiger partial charge in [0.1, 0.15) is 0 Å². The van der Waals surface area contributed by atoms with Crippen LogP contribution in [0.4, 0.5) is 0 Å². The monoisotopic (exact) mass is 435 g/mol. The van der Waals surface area contributed by atoms with Gasteiger partial charge < -0.3 is 18.6 Å². The second-order valence-corrected chi connectivity index (χ2v) is 11.8. The van der Waals surface area contributed by atoms with Gasteiger partial charge in [0.15, 0.2) is 0 Å². The van der Waals surface area contributed by atoms with Crippen LogP contribution in [0.2, 0.25) is 12.6 Å². The normalized spacial score (nSPS) is 23.9. The molecule has 2 heterocycles. The van der Waals surface area contributed by atoms with Crippen LogP contribution < -0.4 is 0 Å². The van der Waals surface area contributed by atoms with Crippen LogP contribution in [0.25, 0.3) is 0 Å². The fourth-order valence-electron chi connectivity index (χ4n) is 3.78. The van der Waals surface area contributed by atoms with E-state index < -0.39 is 0 Å². The van der Waals surface area contributed by atoms with Crippen molar-refractivity contribution in [2.45, 2.75) is 144 Å². The van der Waals surface area contributed by atoms with Gasteiger partial charge in [-0.25, -0.2) is 0 Å². The van der Waals surface area contributed by atoms with Crippen molar-refractivity contribution in [3.8, 4) is 0 Å². The molecular weight excluding hydrogens is 385 g/mol. The van der Waals surface area contributed by atoms with Gasteiger partial charge in [0.25, 0.3) is 0 Å². The van der Waals surface area contributed by atoms with E-state index in [9.17, 15) is 0 Å². The first kappa shape index (κ1) is 31.0. The zero-order chi connectivity index (χ0) is 23.4. The topological polar surface area (TPSA) is 36.9 Å². The molecule has 3 radical (unpaired) electrons. The van der Waals surface area contributed by atoms with E-state index in [1.54, 1.807) is 0 Å². The quantitative estimate of drug-likeness (QED) is 0.400. The van der Waals surface area contributed by atoms with E-state index in [-0.39, 0.29) is 45.1 Å². The van der Waals surface area contributed by atoms with Crippen LogP contribution in [0.5, 0.6) is 0 Å². The lowest BCUT2D eigenvalue weighted by Gasteiger charge is -2.32. The van der Waals surface area contributed by atoms with Crippen LogP contribution in [0, 0.1) is 11.8 Å². The second-order valence-electron chi connectivity index (χ2n) is 11.8. The summed E-state index contributed by atoms with van der Waals surface area (Å²) < 4.78 is 23.8. The van der Waals surface area contributed by atoms with E-state index >= 15 is 0 Å². The maximum absolute atomic E-state index is 5.96. The molecule has 2 saturated heterocycles. The Labute approximate surface area is 197 Å². The summed E-state index contributed by atoms with van der Waals surface area (Å²) in [6, 6.07) is 0. The summed E-state index contributed by atoms with van der Waals surface area (Å²) in [6.07, 6.45) is 6.97. The molecule has 0 N–H and O–H groups in total. The maximum atomic E-state index is 5.96. The van der Waals surface area contributed by atoms with Crippen LogP contribution in [0.3, 0.4) is 0 Å². The Balaban J connectivity index is 0.000000562. The second kappa shape index (κ2) is 11.9. The number of rotatable bonds is 8. The summed E-state index contributed by atoms with van der Waals surface area (Å²) in [5.74, 6) is 1.46. The van der Waals surface area contributed by atoms with Crippen molar-refractivity contribution < 1.29 is 18.6 Å². The third kappa shape index (κ3) is 9.06. The van der Waals surface area contributed by atoms with Crippen LogP contribution in [-0.2, 0) is 18.6 Å². The molecule has 2 fully saturated rings. The Morgan fingerprint density at radius 3 is 1.39 bits per heavy atom. The van der Waals surface area contributed by atoms with E-state index in [0.29, 0.717) is 5.92 Å². The average Bonchev–Trinajstić information content (AvgIpc) is 2.85. The van der Waals surface area contributed by atoms with E-state index in [0.717, 1.165) is 18.6 Å². The minimum absolute atomic E-state index is 0. The molecule has 179 valence electrons. The lowest BCUT2D eigenvalue weighted by atomic mass is 9.76. The fraction of sp³-hybridized carbons (Fsp3) is 1.00. The minimum Gasteiger partial charge on any atom is -0.403 e. The molecule has 2 aliphatic heterocycles. The van der Waals surface area contributed by atoms with Crippen molar-refractivity contribution in [1.82, 2.24) is 0 Å². The van der Waals surface area contributed by atoms with Crippen LogP contribution in [0.15, 0.2) is 0 Å². The molecule has 2 aliphatic rings. The van der Waals surface area contributed by atoms with Crippen molar-refractivity contribution in [2.75, 3.05) is 0 Å². The highest BCUT2D eigenvalue weighted by Gasteiger charge is 2.51. The average molecular weight is 435 g/mol. The van der Waals surface area contributed by atoms with Gasteiger partial charge in [-0.2, -0.15) is 0 Å². The molecule has 0 aromatic rings. The van der Waals surface area contributed by atoms with E-state index in [1.807, 2.05) is 0 Å². The van der Waals surface area contributed by atoms with Gasteiger partial charge in [0, 0.05) is 8.41 Å². The molecular formula is C24H50B3O4. The summed E-state index contributed by atoms with van der Waals surface area (Å²) in [5, 5.41) is 0. The van der Waals surface area contributed by atoms with Crippen molar-refractivity contribution in [3.63, 3.8) is 0 Å². The molecule has 0 aromatic carbocycles. The van der Waals surface area contributed by atoms with Gasteiger partial charge in [0.05, 0.1) is 22.4 Å². The Hall–Kier alpha value is 0.0348. The lowest BCUT2D eigenvalue weighted by Crippen LogP contribution is -2.41. The predicted octanol–water partition coefficient (Wildman–Crippen LogP) is 6.65. The molecule has 0 aliphatic carbocycles. The van der Waals surface area contributed by atoms with Gasteiger partial charge >= 0.3 is 14.2 Å². The first-order valence-corrected chi connectivity index (χ1v) is 12.2. The molecule has 31 heavy (non-hydrogen) atoms. The smallest absolute Gasteiger partial charge is 0.403 e. The van der Waals surface area contributed by atoms with Gasteiger partial charge in [-0.3, -0.25) is 0 Å². The SMILES string of the molecule is CC(C)CCCB1OC(C)(C)C(C)(C)O1.CCCC(C)CB1OC(C)(C)C(C)(C)O1.[B]. The molecule has 4 nitrogen and oxygen atoms in total. The Morgan fingerprint density at radius 1 is 0.645 bits per heavy atom. The van der Waals surface area contributed by atoms with Crippen LogP contribution in [-0.4, -0.2) is 45.1 Å². The summed E-state index contributed by atoms with van der Waals surface area (Å²) in [4.78, 5) is 0. The molecule has 2 rings (SSSR count). The van der Waals surface area contributed by atoms with Crippen molar-refractivity contribution in [3.05, 3.63) is 0 Å². The largest absolute Gasteiger partial charge is 0.458 e. The van der Waals surface area contributed by atoms with Gasteiger partial charge in [0.2, 0.25) is 0 Å². The Kier molecular flexibility index (Phi) is 12.0. The zero-order valence-electron chi connectivity index (χ0n) is 22.8. The molecule has 0 saturated carbocycles. The predicted molar refractivity (Wildman–Crippen MR) is 136 cm³/mol. The van der Waals surface area contributed by atoms with Crippen molar-refractivity contribution >= 4 is 22.6 Å². The molecule has 0 amide bonds. The molecule has 1 unspecified atom stereocenters.